The molecule has 2 aromatic carbocycles. The van der Waals surface area contributed by atoms with E-state index in [9.17, 15) is 22.4 Å². The van der Waals surface area contributed by atoms with Gasteiger partial charge in [0.15, 0.2) is 0 Å². The van der Waals surface area contributed by atoms with Gasteiger partial charge in [-0.1, -0.05) is 31.5 Å². The number of nitrogens with zero attached hydrogens (tertiary/aromatic N) is 3. The van der Waals surface area contributed by atoms with E-state index in [0.29, 0.717) is 34.1 Å². The molecule has 1 unspecified atom stereocenters. The number of aryl methyl sites for hydroxylation is 1. The molecular formula is C26H25ClFN5O4S. The lowest BCUT2D eigenvalue weighted by Gasteiger charge is -2.14. The van der Waals surface area contributed by atoms with Crippen LogP contribution in [0.1, 0.15) is 19.5 Å². The Kier molecular flexibility index (Phi) is 7.79. The molecule has 12 heteroatoms. The third-order valence-corrected chi connectivity index (χ3v) is 7.90. The molecule has 2 heterocycles. The first-order valence-electron chi connectivity index (χ1n) is 11.7. The molecule has 0 bridgehead atoms. The zero-order valence-electron chi connectivity index (χ0n) is 20.8. The number of fused-ring (bicyclic) bond motifs is 1. The molecule has 1 amide bonds. The van der Waals surface area contributed by atoms with E-state index in [0.717, 1.165) is 18.2 Å². The van der Waals surface area contributed by atoms with Crippen molar-refractivity contribution in [3.63, 3.8) is 0 Å². The van der Waals surface area contributed by atoms with Crippen molar-refractivity contribution in [3.05, 3.63) is 81.9 Å². The summed E-state index contributed by atoms with van der Waals surface area (Å²) in [4.78, 5) is 33.6. The lowest BCUT2D eigenvalue weighted by molar-refractivity contribution is -0.124. The maximum absolute atomic E-state index is 13.4. The predicted molar refractivity (Wildman–Crippen MR) is 144 cm³/mol. The Bertz CT molecular complexity index is 1710. The van der Waals surface area contributed by atoms with Crippen LogP contribution in [0.25, 0.3) is 22.0 Å². The number of aromatic nitrogens is 3. The van der Waals surface area contributed by atoms with Crippen LogP contribution < -0.4 is 15.6 Å². The van der Waals surface area contributed by atoms with Crippen LogP contribution in [0.15, 0.2) is 64.7 Å². The SMILES string of the molecule is CCc1ncc(-c2ccc3ncn(CC(C)C(=O)NC)c(=O)c3c2)cc1NS(=O)(=O)c1ccc(F)cc1Cl. The second-order valence-corrected chi connectivity index (χ2v) is 10.8. The van der Waals surface area contributed by atoms with Crippen molar-refractivity contribution < 1.29 is 17.6 Å². The summed E-state index contributed by atoms with van der Waals surface area (Å²) in [5.41, 5.74) is 2.06. The molecule has 2 aromatic heterocycles. The zero-order chi connectivity index (χ0) is 27.6. The molecule has 1 atom stereocenters. The van der Waals surface area contributed by atoms with Gasteiger partial charge in [0.25, 0.3) is 15.6 Å². The lowest BCUT2D eigenvalue weighted by Crippen LogP contribution is -2.32. The van der Waals surface area contributed by atoms with E-state index in [1.54, 1.807) is 37.4 Å². The molecule has 9 nitrogen and oxygen atoms in total. The molecule has 0 radical (unpaired) electrons. The number of halogens is 2. The van der Waals surface area contributed by atoms with Crippen molar-refractivity contribution in [2.45, 2.75) is 31.7 Å². The number of anilines is 1. The maximum atomic E-state index is 13.4. The minimum Gasteiger partial charge on any atom is -0.359 e. The maximum Gasteiger partial charge on any atom is 0.263 e. The number of rotatable bonds is 8. The summed E-state index contributed by atoms with van der Waals surface area (Å²) in [6.45, 7) is 3.71. The minimum absolute atomic E-state index is 0.163. The second-order valence-electron chi connectivity index (χ2n) is 8.70. The van der Waals surface area contributed by atoms with Crippen LogP contribution in [-0.4, -0.2) is 35.9 Å². The Morgan fingerprint density at radius 2 is 1.89 bits per heavy atom. The highest BCUT2D eigenvalue weighted by Gasteiger charge is 2.21. The van der Waals surface area contributed by atoms with Gasteiger partial charge in [0, 0.05) is 25.4 Å². The standard InChI is InChI=1S/C26H25ClFN5O4S/c1-4-21-23(32-38(36,37)24-8-6-18(28)11-20(24)27)10-17(12-30-21)16-5-7-22-19(9-16)26(35)33(14-31-22)13-15(2)25(34)29-3/h5-12,14-15,32H,4,13H2,1-3H3,(H,29,34). The Hall–Kier alpha value is -3.83. The molecule has 0 saturated heterocycles. The molecule has 2 N–H and O–H groups in total. The van der Waals surface area contributed by atoms with Crippen LogP contribution in [-0.2, 0) is 27.8 Å². The molecule has 4 aromatic rings. The first-order valence-corrected chi connectivity index (χ1v) is 13.6. The largest absolute Gasteiger partial charge is 0.359 e. The van der Waals surface area contributed by atoms with Gasteiger partial charge in [-0.15, -0.1) is 0 Å². The molecule has 38 heavy (non-hydrogen) atoms. The molecule has 0 fully saturated rings. The van der Waals surface area contributed by atoms with E-state index < -0.39 is 21.8 Å². The summed E-state index contributed by atoms with van der Waals surface area (Å²) >= 11 is 5.99. The Morgan fingerprint density at radius 3 is 2.58 bits per heavy atom. The Labute approximate surface area is 223 Å². The number of carbonyl (C=O) groups excluding carboxylic acids is 1. The quantitative estimate of drug-likeness (QED) is 0.337. The fourth-order valence-corrected chi connectivity index (χ4v) is 5.62. The van der Waals surface area contributed by atoms with E-state index in [1.165, 1.54) is 17.9 Å². The number of hydrogen-bond donors (Lipinski definition) is 2. The number of carbonyl (C=O) groups is 1. The van der Waals surface area contributed by atoms with Crippen molar-refractivity contribution in [3.8, 4) is 11.1 Å². The van der Waals surface area contributed by atoms with Crippen LogP contribution in [0.4, 0.5) is 10.1 Å². The highest BCUT2D eigenvalue weighted by Crippen LogP contribution is 2.29. The normalized spacial score (nSPS) is 12.3. The van der Waals surface area contributed by atoms with Gasteiger partial charge >= 0.3 is 0 Å². The van der Waals surface area contributed by atoms with Gasteiger partial charge in [0.1, 0.15) is 10.7 Å². The Morgan fingerprint density at radius 1 is 1.13 bits per heavy atom. The first kappa shape index (κ1) is 27.2. The number of pyridine rings is 1. The summed E-state index contributed by atoms with van der Waals surface area (Å²) < 4.78 is 43.4. The average molecular weight is 558 g/mol. The second kappa shape index (κ2) is 10.9. The van der Waals surface area contributed by atoms with E-state index in [-0.39, 0.29) is 33.6 Å². The third kappa shape index (κ3) is 5.53. The van der Waals surface area contributed by atoms with Crippen LogP contribution in [0, 0.1) is 11.7 Å². The number of amides is 1. The Balaban J connectivity index is 1.73. The smallest absolute Gasteiger partial charge is 0.263 e. The van der Waals surface area contributed by atoms with Gasteiger partial charge in [-0.2, -0.15) is 0 Å². The van der Waals surface area contributed by atoms with Crippen LogP contribution in [0.5, 0.6) is 0 Å². The van der Waals surface area contributed by atoms with Crippen LogP contribution in [0.2, 0.25) is 5.02 Å². The topological polar surface area (TPSA) is 123 Å². The van der Waals surface area contributed by atoms with Gasteiger partial charge in [0.05, 0.1) is 39.6 Å². The monoisotopic (exact) mass is 557 g/mol. The van der Waals surface area contributed by atoms with Crippen LogP contribution >= 0.6 is 11.6 Å². The third-order valence-electron chi connectivity index (χ3n) is 6.05. The van der Waals surface area contributed by atoms with Crippen molar-refractivity contribution in [1.29, 1.82) is 0 Å². The summed E-state index contributed by atoms with van der Waals surface area (Å²) in [5, 5.41) is 2.66. The molecule has 198 valence electrons. The van der Waals surface area contributed by atoms with E-state index in [1.807, 2.05) is 6.92 Å². The number of benzene rings is 2. The van der Waals surface area contributed by atoms with E-state index in [4.69, 9.17) is 11.6 Å². The van der Waals surface area contributed by atoms with Crippen molar-refractivity contribution in [2.75, 3.05) is 11.8 Å². The molecule has 0 aliphatic carbocycles. The molecular weight excluding hydrogens is 533 g/mol. The summed E-state index contributed by atoms with van der Waals surface area (Å²) in [6.07, 6.45) is 3.44. The van der Waals surface area contributed by atoms with E-state index >= 15 is 0 Å². The van der Waals surface area contributed by atoms with E-state index in [2.05, 4.69) is 20.0 Å². The first-order chi connectivity index (χ1) is 18.0. The number of nitrogens with one attached hydrogen (secondary N) is 2. The van der Waals surface area contributed by atoms with Crippen molar-refractivity contribution >= 4 is 44.1 Å². The highest BCUT2D eigenvalue weighted by atomic mass is 35.5. The lowest BCUT2D eigenvalue weighted by atomic mass is 10.0. The molecule has 0 aliphatic rings. The van der Waals surface area contributed by atoms with Gasteiger partial charge in [0.2, 0.25) is 5.91 Å². The minimum atomic E-state index is -4.14. The predicted octanol–water partition coefficient (Wildman–Crippen LogP) is 4.00. The highest BCUT2D eigenvalue weighted by molar-refractivity contribution is 7.92. The number of hydrogen-bond acceptors (Lipinski definition) is 6. The molecule has 4 rings (SSSR count). The van der Waals surface area contributed by atoms with Gasteiger partial charge in [-0.05, 0) is 48.4 Å². The summed E-state index contributed by atoms with van der Waals surface area (Å²) in [5.74, 6) is -1.28. The average Bonchev–Trinajstić information content (AvgIpc) is 2.89. The molecule has 0 spiro atoms. The van der Waals surface area contributed by atoms with Crippen molar-refractivity contribution in [1.82, 2.24) is 19.9 Å². The zero-order valence-corrected chi connectivity index (χ0v) is 22.4. The summed E-state index contributed by atoms with van der Waals surface area (Å²) in [6, 6.07) is 9.75. The molecule has 0 saturated carbocycles. The van der Waals surface area contributed by atoms with Gasteiger partial charge in [-0.3, -0.25) is 23.9 Å². The van der Waals surface area contributed by atoms with Gasteiger partial charge in [-0.25, -0.2) is 17.8 Å². The van der Waals surface area contributed by atoms with Gasteiger partial charge < -0.3 is 5.32 Å². The summed E-state index contributed by atoms with van der Waals surface area (Å²) in [7, 11) is -2.61. The fourth-order valence-electron chi connectivity index (χ4n) is 4.01. The van der Waals surface area contributed by atoms with Crippen LogP contribution in [0.3, 0.4) is 0 Å². The molecule has 0 aliphatic heterocycles. The van der Waals surface area contributed by atoms with Crippen molar-refractivity contribution in [2.24, 2.45) is 5.92 Å². The number of sulfonamides is 1. The fraction of sp³-hybridized carbons (Fsp3) is 0.231.